The Labute approximate surface area is 153 Å². The fourth-order valence-electron chi connectivity index (χ4n) is 3.47. The molecule has 1 aromatic heterocycles. The van der Waals surface area contributed by atoms with Crippen molar-refractivity contribution < 1.29 is 24.7 Å². The second-order valence-electron chi connectivity index (χ2n) is 7.40. The van der Waals surface area contributed by atoms with Crippen LogP contribution in [0, 0.1) is 5.92 Å². The number of aromatic nitrogens is 1. The Morgan fingerprint density at radius 1 is 1.46 bits per heavy atom. The quantitative estimate of drug-likeness (QED) is 0.807. The predicted molar refractivity (Wildman–Crippen MR) is 94.3 cm³/mol. The van der Waals surface area contributed by atoms with Crippen LogP contribution in [0.15, 0.2) is 17.3 Å². The molecule has 2 atom stereocenters. The van der Waals surface area contributed by atoms with Crippen LogP contribution in [0.5, 0.6) is 0 Å². The highest BCUT2D eigenvalue weighted by Crippen LogP contribution is 2.38. The molecule has 0 aliphatic carbocycles. The number of aliphatic imine (C=N–C) groups is 1. The summed E-state index contributed by atoms with van der Waals surface area (Å²) < 4.78 is 1.86. The minimum atomic E-state index is -1.01. The van der Waals surface area contributed by atoms with Gasteiger partial charge in [0.05, 0.1) is 0 Å². The summed E-state index contributed by atoms with van der Waals surface area (Å²) in [5.41, 5.74) is 0.726. The van der Waals surface area contributed by atoms with Gasteiger partial charge in [-0.3, -0.25) is 4.79 Å². The molecule has 0 spiro atoms. The number of hydrogen-bond acceptors (Lipinski definition) is 5. The van der Waals surface area contributed by atoms with Crippen LogP contribution in [0.2, 0.25) is 0 Å². The maximum absolute atomic E-state index is 13.2. The van der Waals surface area contributed by atoms with E-state index in [1.807, 2.05) is 57.5 Å². The van der Waals surface area contributed by atoms with Crippen LogP contribution in [0.1, 0.15) is 55.6 Å². The van der Waals surface area contributed by atoms with Crippen molar-refractivity contribution in [2.24, 2.45) is 10.9 Å². The van der Waals surface area contributed by atoms with Gasteiger partial charge in [-0.05, 0) is 39.4 Å². The minimum absolute atomic E-state index is 0. The smallest absolute Gasteiger partial charge is 0.342 e. The first kappa shape index (κ1) is 20.0. The first-order chi connectivity index (χ1) is 11.6. The van der Waals surface area contributed by atoms with Gasteiger partial charge >= 0.3 is 12.3 Å². The van der Waals surface area contributed by atoms with Gasteiger partial charge in [-0.25, -0.2) is 19.6 Å². The molecule has 0 aromatic carbocycles. The molecule has 1 amide bonds. The van der Waals surface area contributed by atoms with Crippen molar-refractivity contribution in [3.8, 4) is 0 Å². The first-order valence-electron chi connectivity index (χ1n) is 8.55. The van der Waals surface area contributed by atoms with E-state index in [0.717, 1.165) is 5.56 Å². The van der Waals surface area contributed by atoms with E-state index in [1.54, 1.807) is 11.0 Å². The molecule has 8 nitrogen and oxygen atoms in total. The van der Waals surface area contributed by atoms with Crippen LogP contribution in [-0.4, -0.2) is 57.7 Å². The molecular weight excluding hydrogens is 336 g/mol. The summed E-state index contributed by atoms with van der Waals surface area (Å²) in [6.45, 7) is 7.72. The average Bonchev–Trinajstić information content (AvgIpc) is 2.99. The first-order valence-corrected chi connectivity index (χ1v) is 8.55. The highest BCUT2D eigenvalue weighted by molar-refractivity contribution is 6.17. The zero-order valence-corrected chi connectivity index (χ0v) is 16.0. The summed E-state index contributed by atoms with van der Waals surface area (Å²) >= 11 is 0. The number of aryl methyl sites for hydroxylation is 1. The lowest BCUT2D eigenvalue weighted by Gasteiger charge is -2.28. The third-order valence-electron chi connectivity index (χ3n) is 5.28. The molecular formula is C18H26N4O4. The van der Waals surface area contributed by atoms with Crippen LogP contribution in [0.3, 0.4) is 0 Å². The van der Waals surface area contributed by atoms with Gasteiger partial charge in [0.1, 0.15) is 11.1 Å². The van der Waals surface area contributed by atoms with E-state index in [-0.39, 0.29) is 22.9 Å². The fraction of sp³-hybridized carbons (Fsp3) is 0.556. The van der Waals surface area contributed by atoms with Crippen LogP contribution in [0.25, 0.3) is 0 Å². The second kappa shape index (κ2) is 6.44. The van der Waals surface area contributed by atoms with Crippen molar-refractivity contribution >= 4 is 17.7 Å². The second-order valence-corrected chi connectivity index (χ2v) is 7.40. The average molecular weight is 362 g/mol. The number of fused-ring (bicyclic) bond motifs is 3. The number of carboxylic acid groups (broad SMARTS) is 1. The standard InChI is InChI=1S/C18H24N4O3.H2O/c1-7-11-8-12(15(23)24)13-14-19-18(4,10(2)3)16(25)22(14)17(20(5)6)21(13)9-11;/h8-10,17H,7H2,1-6H3;1H2. The van der Waals surface area contributed by atoms with Crippen molar-refractivity contribution in [1.29, 1.82) is 0 Å². The predicted octanol–water partition coefficient (Wildman–Crippen LogP) is 1.09. The lowest BCUT2D eigenvalue weighted by Crippen LogP contribution is -2.55. The van der Waals surface area contributed by atoms with E-state index >= 15 is 0 Å². The van der Waals surface area contributed by atoms with E-state index in [9.17, 15) is 14.7 Å². The molecule has 2 unspecified atom stereocenters. The van der Waals surface area contributed by atoms with Gasteiger partial charge in [0.25, 0.3) is 11.6 Å². The molecule has 0 fully saturated rings. The van der Waals surface area contributed by atoms with Crippen molar-refractivity contribution in [3.63, 3.8) is 0 Å². The van der Waals surface area contributed by atoms with E-state index in [0.29, 0.717) is 18.0 Å². The van der Waals surface area contributed by atoms with Gasteiger partial charge in [0.2, 0.25) is 5.84 Å². The zero-order valence-electron chi connectivity index (χ0n) is 16.0. The largest absolute Gasteiger partial charge is 0.870 e. The lowest BCUT2D eigenvalue weighted by molar-refractivity contribution is -0.748. The van der Waals surface area contributed by atoms with E-state index < -0.39 is 17.8 Å². The minimum Gasteiger partial charge on any atom is -0.870 e. The topological polar surface area (TPSA) is 107 Å². The highest BCUT2D eigenvalue weighted by Gasteiger charge is 2.59. The Kier molecular flexibility index (Phi) is 4.95. The summed E-state index contributed by atoms with van der Waals surface area (Å²) in [6, 6.07) is 1.68. The van der Waals surface area contributed by atoms with E-state index in [1.165, 1.54) is 0 Å². The van der Waals surface area contributed by atoms with Crippen molar-refractivity contribution in [1.82, 2.24) is 9.80 Å². The third-order valence-corrected chi connectivity index (χ3v) is 5.28. The van der Waals surface area contributed by atoms with Gasteiger partial charge in [-0.2, -0.15) is 4.57 Å². The Hall–Kier alpha value is -2.32. The van der Waals surface area contributed by atoms with Gasteiger partial charge in [-0.15, -0.1) is 0 Å². The molecule has 0 radical (unpaired) electrons. The number of hydrogen-bond donors (Lipinski definition) is 1. The summed E-state index contributed by atoms with van der Waals surface area (Å²) in [5, 5.41) is 9.73. The van der Waals surface area contributed by atoms with Crippen LogP contribution in [0.4, 0.5) is 0 Å². The summed E-state index contributed by atoms with van der Waals surface area (Å²) in [4.78, 5) is 33.3. The van der Waals surface area contributed by atoms with Gasteiger partial charge in [0, 0.05) is 5.56 Å². The number of amidine groups is 1. The van der Waals surface area contributed by atoms with Crippen LogP contribution >= 0.6 is 0 Å². The van der Waals surface area contributed by atoms with Crippen molar-refractivity contribution in [2.75, 3.05) is 14.1 Å². The molecule has 2 aliphatic heterocycles. The Bertz CT molecular complexity index is 803. The summed E-state index contributed by atoms with van der Waals surface area (Å²) in [5.74, 6) is -0.626. The molecule has 0 saturated heterocycles. The number of carbonyl (C=O) groups excluding carboxylic acids is 1. The highest BCUT2D eigenvalue weighted by atomic mass is 16.4. The van der Waals surface area contributed by atoms with E-state index in [2.05, 4.69) is 0 Å². The molecule has 1 aromatic rings. The molecule has 3 rings (SSSR count). The van der Waals surface area contributed by atoms with Gasteiger partial charge in [-0.1, -0.05) is 20.8 Å². The molecule has 26 heavy (non-hydrogen) atoms. The monoisotopic (exact) mass is 362 g/mol. The number of amides is 1. The Morgan fingerprint density at radius 2 is 2.08 bits per heavy atom. The zero-order chi connectivity index (χ0) is 18.7. The molecule has 142 valence electrons. The SMILES string of the molecule is CCc1cc(C(=O)O)c2[n+](c1)C(N(C)C)N1C(=O)C(C)(C(C)C)N=C21.[OH-]. The number of pyridine rings is 1. The Balaban J connectivity index is 0.00000243. The third kappa shape index (κ3) is 2.52. The molecule has 8 heteroatoms. The normalized spacial score (nSPS) is 23.8. The van der Waals surface area contributed by atoms with Crippen molar-refractivity contribution in [2.45, 2.75) is 45.9 Å². The lowest BCUT2D eigenvalue weighted by atomic mass is 9.89. The van der Waals surface area contributed by atoms with Gasteiger partial charge in [0.15, 0.2) is 6.20 Å². The van der Waals surface area contributed by atoms with Crippen molar-refractivity contribution in [3.05, 3.63) is 29.1 Å². The fourth-order valence-corrected chi connectivity index (χ4v) is 3.47. The van der Waals surface area contributed by atoms with Crippen LogP contribution in [-0.2, 0) is 11.2 Å². The number of rotatable bonds is 4. The number of carboxylic acids is 1. The number of carbonyl (C=O) groups is 2. The summed E-state index contributed by atoms with van der Waals surface area (Å²) in [7, 11) is 3.75. The van der Waals surface area contributed by atoms with Crippen LogP contribution < -0.4 is 4.57 Å². The summed E-state index contributed by atoms with van der Waals surface area (Å²) in [6.07, 6.45) is 2.23. The molecule has 2 aliphatic rings. The molecule has 2 N–H and O–H groups in total. The number of aromatic carboxylic acids is 1. The van der Waals surface area contributed by atoms with Gasteiger partial charge < -0.3 is 10.6 Å². The number of nitrogens with zero attached hydrogens (tertiary/aromatic N) is 4. The molecule has 0 saturated carbocycles. The molecule has 0 bridgehead atoms. The Morgan fingerprint density at radius 3 is 2.54 bits per heavy atom. The molecule has 3 heterocycles. The maximum atomic E-state index is 13.2. The maximum Gasteiger partial charge on any atom is 0.342 e. The van der Waals surface area contributed by atoms with E-state index in [4.69, 9.17) is 4.99 Å².